The third-order valence-corrected chi connectivity index (χ3v) is 0.409. The molecule has 0 spiro atoms. The van der Waals surface area contributed by atoms with E-state index in [-0.39, 0.29) is 0 Å². The van der Waals surface area contributed by atoms with Gasteiger partial charge in [-0.3, -0.25) is 0 Å². The molecule has 0 N–H and O–H groups in total. The summed E-state index contributed by atoms with van der Waals surface area (Å²) in [5, 5.41) is 10.1. The summed E-state index contributed by atoms with van der Waals surface area (Å²) in [7, 11) is 0. The number of rotatable bonds is 0. The molecule has 0 aromatic rings. The third-order valence-electron chi connectivity index (χ3n) is 0.409. The molecule has 0 aromatic heterocycles. The lowest BCUT2D eigenvalue weighted by atomic mass is 10.7. The quantitative estimate of drug-likeness (QED) is 0.402. The molecule has 0 aliphatic carbocycles. The first-order valence-corrected chi connectivity index (χ1v) is 1.58. The van der Waals surface area contributed by atoms with Crippen molar-refractivity contribution >= 4 is 6.21 Å². The minimum absolute atomic E-state index is 1.58. The largest absolute Gasteiger partial charge is 0.184 e. The molecule has 0 unspecified atom stereocenters. The second-order valence-corrected chi connectivity index (χ2v) is 0.811. The molecule has 0 fully saturated rings. The predicted octanol–water partition coefficient (Wildman–Crippen LogP) is 0.287. The zero-order chi connectivity index (χ0) is 4.24. The van der Waals surface area contributed by atoms with Crippen LogP contribution in [0.4, 0.5) is 0 Å². The van der Waals surface area contributed by atoms with E-state index in [1.807, 2.05) is 0 Å². The van der Waals surface area contributed by atoms with Gasteiger partial charge in [0.05, 0.1) is 10.2 Å². The van der Waals surface area contributed by atoms with Crippen molar-refractivity contribution in [2.45, 2.75) is 0 Å². The summed E-state index contributed by atoms with van der Waals surface area (Å²) in [4.78, 5) is 0. The highest BCUT2D eigenvalue weighted by atomic mass is 15.4. The van der Waals surface area contributed by atoms with Crippen molar-refractivity contribution in [2.75, 3.05) is 0 Å². The van der Waals surface area contributed by atoms with E-state index in [4.69, 9.17) is 0 Å². The van der Waals surface area contributed by atoms with Crippen molar-refractivity contribution in [2.24, 2.45) is 10.3 Å². The molecule has 1 heterocycles. The Hall–Kier alpha value is -0.990. The monoisotopic (exact) mass is 81.0 g/mol. The van der Waals surface area contributed by atoms with Crippen LogP contribution in [0.3, 0.4) is 0 Å². The van der Waals surface area contributed by atoms with Gasteiger partial charge in [0.2, 0.25) is 0 Å². The van der Waals surface area contributed by atoms with Gasteiger partial charge in [-0.2, -0.15) is 0 Å². The normalized spacial score (nSPS) is 16.0. The van der Waals surface area contributed by atoms with Gasteiger partial charge in [0, 0.05) is 6.08 Å². The van der Waals surface area contributed by atoms with E-state index in [0.29, 0.717) is 0 Å². The van der Waals surface area contributed by atoms with Crippen molar-refractivity contribution in [1.82, 2.24) is 5.11 Å². The van der Waals surface area contributed by atoms with Crippen LogP contribution in [0.25, 0.3) is 0 Å². The maximum atomic E-state index is 3.42. The van der Waals surface area contributed by atoms with Gasteiger partial charge < -0.3 is 0 Å². The first kappa shape index (κ1) is 3.21. The van der Waals surface area contributed by atoms with E-state index >= 15 is 0 Å². The molecule has 29 valence electrons. The molecule has 0 saturated heterocycles. The van der Waals surface area contributed by atoms with Crippen LogP contribution in [-0.4, -0.2) is 6.21 Å². The Morgan fingerprint density at radius 3 is 2.67 bits per heavy atom. The van der Waals surface area contributed by atoms with Gasteiger partial charge in [0.1, 0.15) is 0 Å². The molecule has 0 amide bonds. The molecule has 3 nitrogen and oxygen atoms in total. The Labute approximate surface area is 35.1 Å². The molecule has 1 aliphatic heterocycles. The standard InChI is InChI=1S/C3H3N3/c1-2-4-6-5-3-1/h1-3H/q+1. The maximum Gasteiger partial charge on any atom is 0.184 e. The Morgan fingerprint density at radius 1 is 1.50 bits per heavy atom. The molecule has 0 aromatic carbocycles. The lowest BCUT2D eigenvalue weighted by molar-refractivity contribution is 0.965. The molecule has 0 atom stereocenters. The number of hydrogen-bond acceptors (Lipinski definition) is 3. The van der Waals surface area contributed by atoms with E-state index in [1.165, 1.54) is 0 Å². The van der Waals surface area contributed by atoms with Gasteiger partial charge in [-0.05, 0) is 0 Å². The van der Waals surface area contributed by atoms with Crippen LogP contribution in [-0.2, 0) is 0 Å². The fourth-order valence-corrected chi connectivity index (χ4v) is 0.205. The summed E-state index contributed by atoms with van der Waals surface area (Å²) in [6, 6.07) is 0. The molecule has 1 rings (SSSR count). The van der Waals surface area contributed by atoms with E-state index in [9.17, 15) is 0 Å². The second kappa shape index (κ2) is 1.45. The van der Waals surface area contributed by atoms with Crippen LogP contribution in [0.1, 0.15) is 0 Å². The Bertz CT molecular complexity index is 75.4. The highest BCUT2D eigenvalue weighted by Crippen LogP contribution is 1.72. The van der Waals surface area contributed by atoms with E-state index in [2.05, 4.69) is 15.4 Å². The van der Waals surface area contributed by atoms with E-state index in [1.54, 1.807) is 18.5 Å². The highest BCUT2D eigenvalue weighted by molar-refractivity contribution is 5.70. The zero-order valence-corrected chi connectivity index (χ0v) is 3.07. The fraction of sp³-hybridized carbons (Fsp3) is 0. The van der Waals surface area contributed by atoms with Gasteiger partial charge >= 0.3 is 0 Å². The first-order chi connectivity index (χ1) is 3.00. The summed E-state index contributed by atoms with van der Waals surface area (Å²) in [5.41, 5.74) is 0. The van der Waals surface area contributed by atoms with Crippen LogP contribution < -0.4 is 5.11 Å². The van der Waals surface area contributed by atoms with Crippen LogP contribution in [0, 0.1) is 0 Å². The summed E-state index contributed by atoms with van der Waals surface area (Å²) < 4.78 is 0. The Kier molecular flexibility index (Phi) is 0.774. The van der Waals surface area contributed by atoms with Crippen molar-refractivity contribution in [3.8, 4) is 0 Å². The van der Waals surface area contributed by atoms with Crippen LogP contribution in [0.15, 0.2) is 22.6 Å². The van der Waals surface area contributed by atoms with Crippen molar-refractivity contribution < 1.29 is 0 Å². The van der Waals surface area contributed by atoms with E-state index in [0.717, 1.165) is 0 Å². The van der Waals surface area contributed by atoms with Gasteiger partial charge in [0.25, 0.3) is 0 Å². The van der Waals surface area contributed by atoms with Crippen LogP contribution in [0.2, 0.25) is 0 Å². The zero-order valence-electron chi connectivity index (χ0n) is 3.07. The topological polar surface area (TPSA) is 38.8 Å². The fourth-order valence-electron chi connectivity index (χ4n) is 0.205. The van der Waals surface area contributed by atoms with Crippen molar-refractivity contribution in [3.63, 3.8) is 0 Å². The van der Waals surface area contributed by atoms with Gasteiger partial charge in [0.15, 0.2) is 17.6 Å². The van der Waals surface area contributed by atoms with Crippen molar-refractivity contribution in [1.29, 1.82) is 0 Å². The van der Waals surface area contributed by atoms with Gasteiger partial charge in [-0.15, -0.1) is 0 Å². The summed E-state index contributed by atoms with van der Waals surface area (Å²) >= 11 is 0. The summed E-state index contributed by atoms with van der Waals surface area (Å²) in [5.74, 6) is 0. The molecule has 0 saturated carbocycles. The highest BCUT2D eigenvalue weighted by Gasteiger charge is 1.83. The number of nitrogens with zero attached hydrogens (tertiary/aromatic N) is 3. The van der Waals surface area contributed by atoms with Gasteiger partial charge in [-0.25, -0.2) is 0 Å². The third kappa shape index (κ3) is 0.484. The summed E-state index contributed by atoms with van der Waals surface area (Å²) in [6.07, 6.45) is 4.87. The first-order valence-electron chi connectivity index (χ1n) is 1.58. The molecule has 1 radical (unpaired) electrons. The second-order valence-electron chi connectivity index (χ2n) is 0.811. The average molecular weight is 81.1 g/mol. The lowest BCUT2D eigenvalue weighted by Crippen LogP contribution is -1.75. The molecular weight excluding hydrogens is 78.1 g/mol. The lowest BCUT2D eigenvalue weighted by Gasteiger charge is -1.59. The SMILES string of the molecule is C1=C[N+]=NN=C1. The van der Waals surface area contributed by atoms with Crippen LogP contribution >= 0.6 is 0 Å². The molecule has 3 heteroatoms. The van der Waals surface area contributed by atoms with Crippen molar-refractivity contribution in [3.05, 3.63) is 12.3 Å². The predicted molar refractivity (Wildman–Crippen MR) is 22.2 cm³/mol. The number of hydrogen-bond donors (Lipinski definition) is 0. The molecular formula is C3H3N3+. The molecule has 1 aliphatic rings. The van der Waals surface area contributed by atoms with Crippen LogP contribution in [0.5, 0.6) is 0 Å². The minimum Gasteiger partial charge on any atom is 0.0306 e. The van der Waals surface area contributed by atoms with E-state index < -0.39 is 0 Å². The molecule has 6 heavy (non-hydrogen) atoms. The Morgan fingerprint density at radius 2 is 2.50 bits per heavy atom. The molecule has 0 bridgehead atoms. The minimum atomic E-state index is 1.58. The number of allylic oxidation sites excluding steroid dienone is 1. The average Bonchev–Trinajstić information content (AvgIpc) is 1.72. The Balaban J connectivity index is 2.77. The van der Waals surface area contributed by atoms with Gasteiger partial charge in [-0.1, -0.05) is 0 Å². The maximum absolute atomic E-state index is 3.42. The smallest absolute Gasteiger partial charge is 0.0306 e. The summed E-state index contributed by atoms with van der Waals surface area (Å²) in [6.45, 7) is 0.